The Balaban J connectivity index is 0.00000363. The number of benzene rings is 1. The molecule has 2 N–H and O–H groups in total. The summed E-state index contributed by atoms with van der Waals surface area (Å²) in [6.45, 7) is 8.16. The molecule has 2 heterocycles. The lowest BCUT2D eigenvalue weighted by Crippen LogP contribution is -2.38. The normalized spacial score (nSPS) is 18.6. The van der Waals surface area contributed by atoms with Crippen LogP contribution < -0.4 is 16.2 Å². The largest absolute Gasteiger partial charge is 0.373 e. The third-order valence-corrected chi connectivity index (χ3v) is 5.70. The second-order valence-corrected chi connectivity index (χ2v) is 8.19. The average molecular weight is 553 g/mol. The zero-order valence-electron chi connectivity index (χ0n) is 19.3. The van der Waals surface area contributed by atoms with E-state index in [-0.39, 0.29) is 35.6 Å². The molecule has 1 aliphatic heterocycles. The van der Waals surface area contributed by atoms with Crippen molar-refractivity contribution in [2.24, 2.45) is 10.9 Å². The Morgan fingerprint density at radius 3 is 2.72 bits per heavy atom. The molecule has 2 atom stereocenters. The summed E-state index contributed by atoms with van der Waals surface area (Å²) in [5.41, 5.74) is 2.58. The summed E-state index contributed by atoms with van der Waals surface area (Å²) in [5.74, 6) is 1.24. The van der Waals surface area contributed by atoms with Gasteiger partial charge in [-0.3, -0.25) is 9.79 Å². The van der Waals surface area contributed by atoms with E-state index < -0.39 is 0 Å². The number of hydrogen-bond donors (Lipinski definition) is 2. The van der Waals surface area contributed by atoms with E-state index in [9.17, 15) is 4.79 Å². The molecule has 1 aliphatic rings. The van der Waals surface area contributed by atoms with Gasteiger partial charge in [-0.2, -0.15) is 0 Å². The number of nitrogens with zero attached hydrogens (tertiary/aromatic N) is 2. The minimum Gasteiger partial charge on any atom is -0.373 e. The maximum absolute atomic E-state index is 11.8. The molecule has 0 radical (unpaired) electrons. The quantitative estimate of drug-likeness (QED) is 0.211. The summed E-state index contributed by atoms with van der Waals surface area (Å²) in [6.07, 6.45) is 6.11. The molecule has 3 rings (SSSR count). The van der Waals surface area contributed by atoms with Crippen molar-refractivity contribution in [1.82, 2.24) is 15.2 Å². The fraction of sp³-hybridized carbons (Fsp3) is 0.520. The summed E-state index contributed by atoms with van der Waals surface area (Å²) in [7, 11) is 0. The van der Waals surface area contributed by atoms with Gasteiger partial charge in [-0.1, -0.05) is 35.9 Å². The minimum atomic E-state index is 0. The molecule has 1 saturated heterocycles. The van der Waals surface area contributed by atoms with Gasteiger partial charge >= 0.3 is 0 Å². The molecule has 1 aromatic carbocycles. The maximum atomic E-state index is 11.8. The molecule has 6 nitrogen and oxygen atoms in total. The van der Waals surface area contributed by atoms with E-state index in [1.165, 1.54) is 11.1 Å². The van der Waals surface area contributed by atoms with Crippen LogP contribution in [-0.2, 0) is 11.3 Å². The van der Waals surface area contributed by atoms with Crippen molar-refractivity contribution in [1.29, 1.82) is 0 Å². The van der Waals surface area contributed by atoms with Crippen molar-refractivity contribution in [3.05, 3.63) is 70.1 Å². The van der Waals surface area contributed by atoms with Gasteiger partial charge in [0.25, 0.3) is 0 Å². The first-order valence-corrected chi connectivity index (χ1v) is 11.5. The highest BCUT2D eigenvalue weighted by atomic mass is 127. The van der Waals surface area contributed by atoms with Crippen LogP contribution in [0.1, 0.15) is 49.8 Å². The molecular formula is C25H37IN4O2. The van der Waals surface area contributed by atoms with E-state index in [1.807, 2.05) is 12.3 Å². The zero-order valence-corrected chi connectivity index (χ0v) is 21.6. The van der Waals surface area contributed by atoms with E-state index in [0.717, 1.165) is 64.4 Å². The minimum absolute atomic E-state index is 0. The third kappa shape index (κ3) is 8.24. The summed E-state index contributed by atoms with van der Waals surface area (Å²) < 4.78 is 7.89. The van der Waals surface area contributed by atoms with Gasteiger partial charge in [0.15, 0.2) is 5.96 Å². The second kappa shape index (κ2) is 14.3. The molecule has 0 amide bonds. The zero-order chi connectivity index (χ0) is 21.9. The molecule has 0 saturated carbocycles. The molecule has 0 spiro atoms. The SMILES string of the molecule is CCNC(=NCC1CCCOC1c1ccc(C)cc1)NCCCCn1ccccc1=O.I. The van der Waals surface area contributed by atoms with Gasteiger partial charge < -0.3 is 19.9 Å². The Labute approximate surface area is 208 Å². The Hall–Kier alpha value is -1.87. The number of ether oxygens (including phenoxy) is 1. The van der Waals surface area contributed by atoms with Gasteiger partial charge in [0, 0.05) is 51.0 Å². The first kappa shape index (κ1) is 26.4. The van der Waals surface area contributed by atoms with Crippen LogP contribution in [0.25, 0.3) is 0 Å². The molecule has 0 aliphatic carbocycles. The molecule has 1 fully saturated rings. The lowest BCUT2D eigenvalue weighted by molar-refractivity contribution is -0.0250. The second-order valence-electron chi connectivity index (χ2n) is 8.19. The third-order valence-electron chi connectivity index (χ3n) is 5.70. The number of nitrogens with one attached hydrogen (secondary N) is 2. The first-order chi connectivity index (χ1) is 15.2. The summed E-state index contributed by atoms with van der Waals surface area (Å²) in [5, 5.41) is 6.78. The van der Waals surface area contributed by atoms with Crippen molar-refractivity contribution < 1.29 is 4.74 Å². The van der Waals surface area contributed by atoms with Crippen LogP contribution in [0.5, 0.6) is 0 Å². The monoisotopic (exact) mass is 552 g/mol. The van der Waals surface area contributed by atoms with Gasteiger partial charge in [-0.15, -0.1) is 24.0 Å². The number of unbranched alkanes of at least 4 members (excludes halogenated alkanes) is 1. The fourth-order valence-corrected chi connectivity index (χ4v) is 3.96. The number of aryl methyl sites for hydroxylation is 2. The van der Waals surface area contributed by atoms with Gasteiger partial charge in [0.2, 0.25) is 5.56 Å². The number of halogens is 1. The van der Waals surface area contributed by atoms with E-state index in [4.69, 9.17) is 9.73 Å². The number of hydrogen-bond acceptors (Lipinski definition) is 3. The Morgan fingerprint density at radius 1 is 1.16 bits per heavy atom. The number of rotatable bonds is 9. The number of pyridine rings is 1. The molecule has 2 unspecified atom stereocenters. The van der Waals surface area contributed by atoms with Gasteiger partial charge in [0.05, 0.1) is 6.10 Å². The van der Waals surface area contributed by atoms with Crippen LogP contribution in [0.2, 0.25) is 0 Å². The van der Waals surface area contributed by atoms with E-state index >= 15 is 0 Å². The molecular weight excluding hydrogens is 515 g/mol. The van der Waals surface area contributed by atoms with Crippen molar-refractivity contribution >= 4 is 29.9 Å². The van der Waals surface area contributed by atoms with E-state index in [0.29, 0.717) is 5.92 Å². The Morgan fingerprint density at radius 2 is 1.97 bits per heavy atom. The summed E-state index contributed by atoms with van der Waals surface area (Å²) in [6, 6.07) is 14.0. The summed E-state index contributed by atoms with van der Waals surface area (Å²) >= 11 is 0. The fourth-order valence-electron chi connectivity index (χ4n) is 3.96. The van der Waals surface area contributed by atoms with Gasteiger partial charge in [-0.05, 0) is 51.2 Å². The Bertz CT molecular complexity index is 882. The smallest absolute Gasteiger partial charge is 0.250 e. The molecule has 176 valence electrons. The lowest BCUT2D eigenvalue weighted by atomic mass is 9.89. The van der Waals surface area contributed by atoms with E-state index in [1.54, 1.807) is 16.7 Å². The summed E-state index contributed by atoms with van der Waals surface area (Å²) in [4.78, 5) is 16.6. The lowest BCUT2D eigenvalue weighted by Gasteiger charge is -2.31. The number of guanidine groups is 1. The van der Waals surface area contributed by atoms with Crippen LogP contribution in [0.3, 0.4) is 0 Å². The van der Waals surface area contributed by atoms with Crippen molar-refractivity contribution in [2.75, 3.05) is 26.2 Å². The van der Waals surface area contributed by atoms with Gasteiger partial charge in [0.1, 0.15) is 0 Å². The van der Waals surface area contributed by atoms with Crippen molar-refractivity contribution in [3.8, 4) is 0 Å². The maximum Gasteiger partial charge on any atom is 0.250 e. The van der Waals surface area contributed by atoms with Crippen molar-refractivity contribution in [2.45, 2.75) is 52.2 Å². The Kier molecular flexibility index (Phi) is 11.8. The highest BCUT2D eigenvalue weighted by Crippen LogP contribution is 2.33. The van der Waals surface area contributed by atoms with E-state index in [2.05, 4.69) is 48.7 Å². The molecule has 1 aromatic heterocycles. The molecule has 2 aromatic rings. The van der Waals surface area contributed by atoms with Gasteiger partial charge in [-0.25, -0.2) is 0 Å². The predicted octanol–water partition coefficient (Wildman–Crippen LogP) is 4.28. The first-order valence-electron chi connectivity index (χ1n) is 11.5. The molecule has 32 heavy (non-hydrogen) atoms. The van der Waals surface area contributed by atoms with Crippen molar-refractivity contribution in [3.63, 3.8) is 0 Å². The van der Waals surface area contributed by atoms with Crippen LogP contribution >= 0.6 is 24.0 Å². The van der Waals surface area contributed by atoms with Crippen LogP contribution in [-0.4, -0.2) is 36.8 Å². The molecule has 0 bridgehead atoms. The van der Waals surface area contributed by atoms with Crippen LogP contribution in [0.4, 0.5) is 0 Å². The predicted molar refractivity (Wildman–Crippen MR) is 142 cm³/mol. The van der Waals surface area contributed by atoms with Crippen LogP contribution in [0, 0.1) is 12.8 Å². The topological polar surface area (TPSA) is 67.7 Å². The number of aliphatic imine (C=N–C) groups is 1. The van der Waals surface area contributed by atoms with Crippen LogP contribution in [0.15, 0.2) is 58.4 Å². The average Bonchev–Trinajstić information content (AvgIpc) is 2.79. The number of aromatic nitrogens is 1. The standard InChI is InChI=1S/C25H36N4O2.HI/c1-3-26-25(27-15-5-7-17-29-16-6-4-10-23(29)30)28-19-22-9-8-18-31-24(22)21-13-11-20(2)12-14-21;/h4,6,10-14,16,22,24H,3,5,7-9,15,17-19H2,1-2H3,(H2,26,27,28);1H. The molecule has 7 heteroatoms. The highest BCUT2D eigenvalue weighted by molar-refractivity contribution is 14.0. The highest BCUT2D eigenvalue weighted by Gasteiger charge is 2.27.